The summed E-state index contributed by atoms with van der Waals surface area (Å²) in [5, 5.41) is 16.4. The topological polar surface area (TPSA) is 137 Å². The Hall–Kier alpha value is -3.31. The molecule has 1 aromatic carbocycles. The minimum absolute atomic E-state index is 0.0245. The number of primary sulfonamides is 1. The Morgan fingerprint density at radius 2 is 1.97 bits per heavy atom. The van der Waals surface area contributed by atoms with Gasteiger partial charge in [-0.05, 0) is 36.8 Å². The Morgan fingerprint density at radius 3 is 2.75 bits per heavy atom. The number of pyridine rings is 1. The lowest BCUT2D eigenvalue weighted by Gasteiger charge is -2.08. The van der Waals surface area contributed by atoms with Crippen LogP contribution in [0.4, 0.5) is 0 Å². The molecule has 0 aliphatic heterocycles. The number of nitrogens with one attached hydrogen (secondary N) is 1. The van der Waals surface area contributed by atoms with Crippen LogP contribution < -0.4 is 10.5 Å². The van der Waals surface area contributed by atoms with E-state index in [9.17, 15) is 13.2 Å². The number of nitrogens with zero attached hydrogens (tertiary/aromatic N) is 5. The quantitative estimate of drug-likeness (QED) is 0.392. The third kappa shape index (κ3) is 4.63. The van der Waals surface area contributed by atoms with Gasteiger partial charge in [0, 0.05) is 38.5 Å². The molecule has 0 spiro atoms. The van der Waals surface area contributed by atoms with E-state index in [4.69, 9.17) is 5.14 Å². The van der Waals surface area contributed by atoms with Crippen LogP contribution in [-0.4, -0.2) is 45.0 Å². The van der Waals surface area contributed by atoms with E-state index in [2.05, 4.69) is 27.4 Å². The molecule has 4 aromatic rings. The van der Waals surface area contributed by atoms with Gasteiger partial charge in [0.25, 0.3) is 0 Å². The van der Waals surface area contributed by atoms with Crippen LogP contribution in [0.1, 0.15) is 31.4 Å². The van der Waals surface area contributed by atoms with Crippen LogP contribution in [0.3, 0.4) is 0 Å². The minimum Gasteiger partial charge on any atom is -0.356 e. The third-order valence-electron chi connectivity index (χ3n) is 5.21. The fraction of sp³-hybridized carbons (Fsp3) is 0.333. The molecule has 4 rings (SSSR count). The van der Waals surface area contributed by atoms with Crippen LogP contribution in [0.5, 0.6) is 0 Å². The number of aromatic nitrogens is 5. The van der Waals surface area contributed by atoms with Gasteiger partial charge in [-0.25, -0.2) is 18.5 Å². The lowest BCUT2D eigenvalue weighted by molar-refractivity contribution is -0.121. The van der Waals surface area contributed by atoms with E-state index in [1.54, 1.807) is 6.07 Å². The van der Waals surface area contributed by atoms with Crippen LogP contribution in [0.25, 0.3) is 16.7 Å². The molecule has 10 nitrogen and oxygen atoms in total. The summed E-state index contributed by atoms with van der Waals surface area (Å²) in [5.41, 5.74) is 2.15. The molecule has 0 radical (unpaired) electrons. The van der Waals surface area contributed by atoms with Gasteiger partial charge in [-0.3, -0.25) is 9.20 Å². The van der Waals surface area contributed by atoms with Crippen LogP contribution in [0.15, 0.2) is 47.5 Å². The van der Waals surface area contributed by atoms with Crippen molar-refractivity contribution in [1.82, 2.24) is 29.5 Å². The molecule has 0 atom stereocenters. The van der Waals surface area contributed by atoms with Gasteiger partial charge < -0.3 is 9.88 Å². The number of hydrogen-bond donors (Lipinski definition) is 2. The van der Waals surface area contributed by atoms with E-state index >= 15 is 0 Å². The molecule has 0 bridgehead atoms. The van der Waals surface area contributed by atoms with Gasteiger partial charge in [0.1, 0.15) is 11.6 Å². The number of benzene rings is 1. The number of nitrogens with two attached hydrogens (primary N) is 1. The first kappa shape index (κ1) is 21.9. The van der Waals surface area contributed by atoms with Crippen molar-refractivity contribution in [3.05, 3.63) is 54.2 Å². The van der Waals surface area contributed by atoms with Crippen molar-refractivity contribution in [3.8, 4) is 0 Å². The molecule has 0 aliphatic carbocycles. The van der Waals surface area contributed by atoms with Gasteiger partial charge in [0.2, 0.25) is 15.9 Å². The zero-order chi connectivity index (χ0) is 22.7. The highest BCUT2D eigenvalue weighted by atomic mass is 32.2. The van der Waals surface area contributed by atoms with Crippen LogP contribution in [0.2, 0.25) is 0 Å². The number of carbonyl (C=O) groups is 1. The minimum atomic E-state index is -3.80. The Balaban J connectivity index is 1.40. The van der Waals surface area contributed by atoms with Crippen LogP contribution in [-0.2, 0) is 34.2 Å². The Morgan fingerprint density at radius 1 is 1.12 bits per heavy atom. The van der Waals surface area contributed by atoms with Gasteiger partial charge in [-0.15, -0.1) is 10.2 Å². The van der Waals surface area contributed by atoms with Crippen molar-refractivity contribution in [2.75, 3.05) is 6.54 Å². The van der Waals surface area contributed by atoms with Crippen molar-refractivity contribution in [1.29, 1.82) is 0 Å². The number of fused-ring (bicyclic) bond motifs is 2. The number of amides is 1. The van der Waals surface area contributed by atoms with Crippen molar-refractivity contribution >= 4 is 32.6 Å². The summed E-state index contributed by atoms with van der Waals surface area (Å²) in [6, 6.07) is 10.4. The van der Waals surface area contributed by atoms with Gasteiger partial charge in [0.15, 0.2) is 5.65 Å². The average molecular weight is 456 g/mol. The summed E-state index contributed by atoms with van der Waals surface area (Å²) in [6.07, 6.45) is 4.07. The van der Waals surface area contributed by atoms with E-state index in [-0.39, 0.29) is 17.2 Å². The normalized spacial score (nSPS) is 11.9. The molecule has 32 heavy (non-hydrogen) atoms. The van der Waals surface area contributed by atoms with Gasteiger partial charge >= 0.3 is 0 Å². The fourth-order valence-electron chi connectivity index (χ4n) is 3.69. The molecule has 3 heterocycles. The molecule has 0 fully saturated rings. The second kappa shape index (κ2) is 9.05. The summed E-state index contributed by atoms with van der Waals surface area (Å²) < 4.78 is 27.2. The predicted molar refractivity (Wildman–Crippen MR) is 119 cm³/mol. The van der Waals surface area contributed by atoms with E-state index in [1.165, 1.54) is 12.1 Å². The highest BCUT2D eigenvalue weighted by Crippen LogP contribution is 2.21. The molecule has 0 saturated heterocycles. The van der Waals surface area contributed by atoms with Gasteiger partial charge in [-0.1, -0.05) is 13.0 Å². The van der Waals surface area contributed by atoms with Crippen molar-refractivity contribution in [2.45, 2.75) is 44.0 Å². The third-order valence-corrected chi connectivity index (χ3v) is 6.12. The monoisotopic (exact) mass is 455 g/mol. The maximum atomic E-state index is 12.4. The van der Waals surface area contributed by atoms with E-state index in [0.29, 0.717) is 24.9 Å². The van der Waals surface area contributed by atoms with Crippen LogP contribution in [0, 0.1) is 0 Å². The van der Waals surface area contributed by atoms with E-state index in [0.717, 1.165) is 35.8 Å². The maximum Gasteiger partial charge on any atom is 0.238 e. The summed E-state index contributed by atoms with van der Waals surface area (Å²) in [6.45, 7) is 3.23. The molecule has 3 N–H and O–H groups in total. The molecule has 1 amide bonds. The Bertz CT molecular complexity index is 1370. The second-order valence-electron chi connectivity index (χ2n) is 7.52. The SMILES string of the molecule is CCCn1c(CCC(=O)NCCc2nnc3ccccn23)nc2cc(S(N)(=O)=O)ccc21. The summed E-state index contributed by atoms with van der Waals surface area (Å²) in [7, 11) is -3.80. The zero-order valence-corrected chi connectivity index (χ0v) is 18.5. The van der Waals surface area contributed by atoms with Gasteiger partial charge in [-0.2, -0.15) is 0 Å². The standard InChI is InChI=1S/C21H25N7O3S/c1-2-12-27-17-7-6-15(32(22,30)31)14-16(17)24-18(27)8-9-21(29)23-11-10-20-26-25-19-5-3-4-13-28(19)20/h3-7,13-14H,2,8-12H2,1H3,(H,23,29)(H2,22,30,31). The first-order valence-corrected chi connectivity index (χ1v) is 12.0. The summed E-state index contributed by atoms with van der Waals surface area (Å²) in [4.78, 5) is 17.0. The van der Waals surface area contributed by atoms with E-state index < -0.39 is 10.0 Å². The number of sulfonamides is 1. The second-order valence-corrected chi connectivity index (χ2v) is 9.08. The summed E-state index contributed by atoms with van der Waals surface area (Å²) in [5.74, 6) is 1.45. The first-order valence-electron chi connectivity index (χ1n) is 10.4. The number of aryl methyl sites for hydroxylation is 2. The Kier molecular flexibility index (Phi) is 6.19. The van der Waals surface area contributed by atoms with Crippen molar-refractivity contribution in [3.63, 3.8) is 0 Å². The molecule has 3 aromatic heterocycles. The largest absolute Gasteiger partial charge is 0.356 e. The van der Waals surface area contributed by atoms with Crippen LogP contribution >= 0.6 is 0 Å². The number of rotatable bonds is 9. The molecule has 0 aliphatic rings. The molecule has 168 valence electrons. The van der Waals surface area contributed by atoms with Gasteiger partial charge in [0.05, 0.1) is 15.9 Å². The highest BCUT2D eigenvalue weighted by Gasteiger charge is 2.15. The number of imidazole rings is 1. The molecule has 0 saturated carbocycles. The maximum absolute atomic E-state index is 12.4. The van der Waals surface area contributed by atoms with Crippen molar-refractivity contribution < 1.29 is 13.2 Å². The molecule has 11 heteroatoms. The smallest absolute Gasteiger partial charge is 0.238 e. The molecular formula is C21H25N7O3S. The number of carbonyl (C=O) groups excluding carboxylic acids is 1. The lowest BCUT2D eigenvalue weighted by Crippen LogP contribution is -2.26. The molecular weight excluding hydrogens is 430 g/mol. The van der Waals surface area contributed by atoms with E-state index in [1.807, 2.05) is 33.4 Å². The summed E-state index contributed by atoms with van der Waals surface area (Å²) >= 11 is 0. The Labute approximate surface area is 185 Å². The highest BCUT2D eigenvalue weighted by molar-refractivity contribution is 7.89. The first-order chi connectivity index (χ1) is 15.4. The molecule has 0 unspecified atom stereocenters. The van der Waals surface area contributed by atoms with Crippen molar-refractivity contribution in [2.24, 2.45) is 5.14 Å². The zero-order valence-electron chi connectivity index (χ0n) is 17.7. The lowest BCUT2D eigenvalue weighted by atomic mass is 10.2. The predicted octanol–water partition coefficient (Wildman–Crippen LogP) is 1.43. The number of hydrogen-bond acceptors (Lipinski definition) is 6. The fourth-order valence-corrected chi connectivity index (χ4v) is 4.22. The average Bonchev–Trinajstić information content (AvgIpc) is 3.33.